The van der Waals surface area contributed by atoms with Crippen LogP contribution in [-0.2, 0) is 6.54 Å². The van der Waals surface area contributed by atoms with Crippen molar-refractivity contribution in [2.45, 2.75) is 6.54 Å². The lowest BCUT2D eigenvalue weighted by atomic mass is 10.2. The van der Waals surface area contributed by atoms with Crippen molar-refractivity contribution in [1.29, 1.82) is 0 Å². The smallest absolute Gasteiger partial charge is 0.255 e. The van der Waals surface area contributed by atoms with Gasteiger partial charge in [-0.15, -0.1) is 0 Å². The molecule has 28 heavy (non-hydrogen) atoms. The van der Waals surface area contributed by atoms with E-state index in [1.54, 1.807) is 43.5 Å². The molecule has 0 aliphatic rings. The van der Waals surface area contributed by atoms with Crippen molar-refractivity contribution < 1.29 is 9.53 Å². The first-order valence-electron chi connectivity index (χ1n) is 8.78. The predicted molar refractivity (Wildman–Crippen MR) is 117 cm³/mol. The molecule has 0 aromatic heterocycles. The zero-order valence-corrected chi connectivity index (χ0v) is 16.3. The van der Waals surface area contributed by atoms with E-state index in [4.69, 9.17) is 17.0 Å². The van der Waals surface area contributed by atoms with Crippen LogP contribution in [0.15, 0.2) is 78.9 Å². The lowest BCUT2D eigenvalue weighted by Crippen LogP contribution is -2.27. The normalized spacial score (nSPS) is 10.0. The van der Waals surface area contributed by atoms with Crippen molar-refractivity contribution in [3.8, 4) is 5.75 Å². The van der Waals surface area contributed by atoms with Gasteiger partial charge in [0.2, 0.25) is 0 Å². The Bertz CT molecular complexity index is 926. The number of thiocarbonyl (C=S) groups is 1. The largest absolute Gasteiger partial charge is 0.497 e. The van der Waals surface area contributed by atoms with Gasteiger partial charge < -0.3 is 20.7 Å². The molecule has 5 nitrogen and oxygen atoms in total. The molecule has 0 radical (unpaired) electrons. The molecule has 0 saturated carbocycles. The summed E-state index contributed by atoms with van der Waals surface area (Å²) in [4.78, 5) is 12.4. The van der Waals surface area contributed by atoms with E-state index in [0.29, 0.717) is 22.9 Å². The minimum Gasteiger partial charge on any atom is -0.497 e. The molecular weight excluding hydrogens is 370 g/mol. The van der Waals surface area contributed by atoms with Crippen LogP contribution in [0.25, 0.3) is 0 Å². The fourth-order valence-corrected chi connectivity index (χ4v) is 2.73. The number of anilines is 2. The maximum absolute atomic E-state index is 12.4. The molecule has 0 saturated heterocycles. The van der Waals surface area contributed by atoms with Crippen molar-refractivity contribution in [2.75, 3.05) is 17.7 Å². The summed E-state index contributed by atoms with van der Waals surface area (Å²) in [5.41, 5.74) is 3.23. The molecular formula is C22H21N3O2S. The number of nitrogens with one attached hydrogen (secondary N) is 3. The molecule has 0 fully saturated rings. The number of hydrogen-bond acceptors (Lipinski definition) is 3. The SMILES string of the molecule is COc1ccc(NC(=O)c2ccc(NC(=S)NCc3ccccc3)cc2)cc1. The second-order valence-corrected chi connectivity index (χ2v) is 6.46. The van der Waals surface area contributed by atoms with Crippen LogP contribution in [0.5, 0.6) is 5.75 Å². The third-order valence-electron chi connectivity index (χ3n) is 4.05. The standard InChI is InChI=1S/C22H21N3O2S/c1-27-20-13-11-18(12-14-20)24-21(26)17-7-9-19(10-8-17)25-22(28)23-15-16-5-3-2-4-6-16/h2-14H,15H2,1H3,(H,24,26)(H2,23,25,28). The van der Waals surface area contributed by atoms with Crippen LogP contribution in [0.4, 0.5) is 11.4 Å². The highest BCUT2D eigenvalue weighted by atomic mass is 32.1. The summed E-state index contributed by atoms with van der Waals surface area (Å²) in [7, 11) is 1.60. The Morgan fingerprint density at radius 1 is 0.857 bits per heavy atom. The van der Waals surface area contributed by atoms with E-state index in [-0.39, 0.29) is 5.91 Å². The van der Waals surface area contributed by atoms with Crippen molar-refractivity contribution >= 4 is 34.6 Å². The number of methoxy groups -OCH3 is 1. The summed E-state index contributed by atoms with van der Waals surface area (Å²) in [6.07, 6.45) is 0. The third kappa shape index (κ3) is 5.56. The van der Waals surface area contributed by atoms with Gasteiger partial charge in [-0.1, -0.05) is 30.3 Å². The topological polar surface area (TPSA) is 62.4 Å². The Morgan fingerprint density at radius 3 is 2.11 bits per heavy atom. The Kier molecular flexibility index (Phi) is 6.59. The van der Waals surface area contributed by atoms with Crippen LogP contribution in [0.3, 0.4) is 0 Å². The number of ether oxygens (including phenoxy) is 1. The molecule has 0 unspecified atom stereocenters. The second kappa shape index (κ2) is 9.53. The number of carbonyl (C=O) groups is 1. The number of carbonyl (C=O) groups excluding carboxylic acids is 1. The molecule has 0 atom stereocenters. The van der Waals surface area contributed by atoms with E-state index in [1.807, 2.05) is 42.5 Å². The Balaban J connectivity index is 1.52. The maximum Gasteiger partial charge on any atom is 0.255 e. The summed E-state index contributed by atoms with van der Waals surface area (Å²) in [6.45, 7) is 0.648. The first kappa shape index (κ1) is 19.4. The average molecular weight is 391 g/mol. The van der Waals surface area contributed by atoms with Crippen LogP contribution in [0, 0.1) is 0 Å². The van der Waals surface area contributed by atoms with Crippen molar-refractivity contribution in [3.63, 3.8) is 0 Å². The van der Waals surface area contributed by atoms with Gasteiger partial charge in [-0.25, -0.2) is 0 Å². The zero-order valence-electron chi connectivity index (χ0n) is 15.4. The summed E-state index contributed by atoms with van der Waals surface area (Å²) in [6, 6.07) is 24.3. The van der Waals surface area contributed by atoms with Gasteiger partial charge in [0, 0.05) is 23.5 Å². The second-order valence-electron chi connectivity index (χ2n) is 6.05. The summed E-state index contributed by atoms with van der Waals surface area (Å²) < 4.78 is 5.11. The van der Waals surface area contributed by atoms with Crippen molar-refractivity contribution in [2.24, 2.45) is 0 Å². The van der Waals surface area contributed by atoms with Crippen LogP contribution in [0.2, 0.25) is 0 Å². The number of benzene rings is 3. The Hall–Kier alpha value is -3.38. The van der Waals surface area contributed by atoms with E-state index < -0.39 is 0 Å². The van der Waals surface area contributed by atoms with Gasteiger partial charge in [0.15, 0.2) is 5.11 Å². The van der Waals surface area contributed by atoms with Gasteiger partial charge in [0.25, 0.3) is 5.91 Å². The van der Waals surface area contributed by atoms with Gasteiger partial charge in [0.05, 0.1) is 7.11 Å². The highest BCUT2D eigenvalue weighted by Crippen LogP contribution is 2.16. The molecule has 0 spiro atoms. The molecule has 3 N–H and O–H groups in total. The molecule has 3 aromatic rings. The van der Waals surface area contributed by atoms with Gasteiger partial charge in [-0.2, -0.15) is 0 Å². The first-order valence-corrected chi connectivity index (χ1v) is 9.19. The predicted octanol–water partition coefficient (Wildman–Crippen LogP) is 4.43. The van der Waals surface area contributed by atoms with E-state index in [9.17, 15) is 4.79 Å². The van der Waals surface area contributed by atoms with Gasteiger partial charge in [-0.05, 0) is 66.3 Å². The van der Waals surface area contributed by atoms with Crippen LogP contribution < -0.4 is 20.7 Å². The molecule has 0 heterocycles. The lowest BCUT2D eigenvalue weighted by molar-refractivity contribution is 0.102. The number of hydrogen-bond donors (Lipinski definition) is 3. The van der Waals surface area contributed by atoms with Gasteiger partial charge >= 0.3 is 0 Å². The van der Waals surface area contributed by atoms with Crippen LogP contribution in [-0.4, -0.2) is 18.1 Å². The number of rotatable bonds is 6. The molecule has 0 aliphatic carbocycles. The lowest BCUT2D eigenvalue weighted by Gasteiger charge is -2.11. The average Bonchev–Trinajstić information content (AvgIpc) is 2.74. The maximum atomic E-state index is 12.4. The molecule has 6 heteroatoms. The van der Waals surface area contributed by atoms with Gasteiger partial charge in [-0.3, -0.25) is 4.79 Å². The van der Waals surface area contributed by atoms with Crippen LogP contribution >= 0.6 is 12.2 Å². The highest BCUT2D eigenvalue weighted by Gasteiger charge is 2.07. The van der Waals surface area contributed by atoms with Crippen molar-refractivity contribution in [1.82, 2.24) is 5.32 Å². The van der Waals surface area contributed by atoms with E-state index in [0.717, 1.165) is 17.0 Å². The molecule has 3 aromatic carbocycles. The molecule has 3 rings (SSSR count). The summed E-state index contributed by atoms with van der Waals surface area (Å²) in [5, 5.41) is 9.66. The number of amides is 1. The van der Waals surface area contributed by atoms with Crippen LogP contribution in [0.1, 0.15) is 15.9 Å². The quantitative estimate of drug-likeness (QED) is 0.543. The van der Waals surface area contributed by atoms with Gasteiger partial charge in [0.1, 0.15) is 5.75 Å². The molecule has 0 aliphatic heterocycles. The van der Waals surface area contributed by atoms with E-state index >= 15 is 0 Å². The van der Waals surface area contributed by atoms with E-state index in [2.05, 4.69) is 16.0 Å². The first-order chi connectivity index (χ1) is 13.6. The fourth-order valence-electron chi connectivity index (χ4n) is 2.54. The monoisotopic (exact) mass is 391 g/mol. The highest BCUT2D eigenvalue weighted by molar-refractivity contribution is 7.80. The summed E-state index contributed by atoms with van der Waals surface area (Å²) in [5.74, 6) is 0.562. The zero-order chi connectivity index (χ0) is 19.8. The fraction of sp³-hybridized carbons (Fsp3) is 0.0909. The molecule has 1 amide bonds. The Labute approximate surface area is 169 Å². The summed E-state index contributed by atoms with van der Waals surface area (Å²) >= 11 is 5.32. The molecule has 0 bridgehead atoms. The van der Waals surface area contributed by atoms with Crippen molar-refractivity contribution in [3.05, 3.63) is 90.0 Å². The molecule has 142 valence electrons. The Morgan fingerprint density at radius 2 is 1.46 bits per heavy atom. The van der Waals surface area contributed by atoms with E-state index in [1.165, 1.54) is 0 Å². The minimum atomic E-state index is -0.179. The minimum absolute atomic E-state index is 0.179. The third-order valence-corrected chi connectivity index (χ3v) is 4.30.